The van der Waals surface area contributed by atoms with Gasteiger partial charge in [-0.25, -0.2) is 0 Å². The number of rotatable bonds is 12. The maximum absolute atomic E-state index is 10.9. The van der Waals surface area contributed by atoms with Crippen molar-refractivity contribution in [1.29, 1.82) is 0 Å². The molecule has 2 atom stereocenters. The number of piperidine rings is 1. The number of ether oxygens (including phenoxy) is 1. The molecule has 1 N–H and O–H groups in total. The van der Waals surface area contributed by atoms with Gasteiger partial charge in [-0.2, -0.15) is 0 Å². The summed E-state index contributed by atoms with van der Waals surface area (Å²) in [6.45, 7) is 8.40. The van der Waals surface area contributed by atoms with E-state index in [1.165, 1.54) is 19.3 Å². The summed E-state index contributed by atoms with van der Waals surface area (Å²) in [5.74, 6) is 0.881. The molecule has 1 fully saturated rings. The van der Waals surface area contributed by atoms with E-state index in [1.54, 1.807) is 0 Å². The highest BCUT2D eigenvalue weighted by Crippen LogP contribution is 2.34. The monoisotopic (exact) mass is 477 g/mol. The molecule has 0 bridgehead atoms. The van der Waals surface area contributed by atoms with Crippen molar-refractivity contribution < 1.29 is 14.4 Å². The Bertz CT molecular complexity index is 1000. The molecule has 2 heterocycles. The summed E-state index contributed by atoms with van der Waals surface area (Å²) in [7, 11) is 0. The zero-order valence-electron chi connectivity index (χ0n) is 21.1. The van der Waals surface area contributed by atoms with Crippen molar-refractivity contribution >= 4 is 5.88 Å². The number of hydrogen-bond donors (Lipinski definition) is 1. The highest BCUT2D eigenvalue weighted by molar-refractivity contribution is 5.68. The first-order valence-electron chi connectivity index (χ1n) is 13.0. The molecular formula is C29H39N3O3. The SMILES string of the molecule is CCC(C)N(Cc1c(-c2ccccc2)noc1N1CCCCC1)CC(O)COCc1ccccc1. The fourth-order valence-corrected chi connectivity index (χ4v) is 4.68. The Morgan fingerprint density at radius 3 is 2.40 bits per heavy atom. The molecule has 0 aliphatic carbocycles. The van der Waals surface area contributed by atoms with Crippen molar-refractivity contribution in [2.75, 3.05) is 31.1 Å². The second kappa shape index (κ2) is 12.9. The molecule has 1 aliphatic rings. The fraction of sp³-hybridized carbons (Fsp3) is 0.483. The fourth-order valence-electron chi connectivity index (χ4n) is 4.68. The topological polar surface area (TPSA) is 62.0 Å². The Labute approximate surface area is 209 Å². The number of aliphatic hydroxyl groups excluding tert-OH is 1. The molecule has 188 valence electrons. The zero-order chi connectivity index (χ0) is 24.5. The van der Waals surface area contributed by atoms with Gasteiger partial charge in [-0.3, -0.25) is 4.90 Å². The predicted molar refractivity (Wildman–Crippen MR) is 140 cm³/mol. The molecule has 0 spiro atoms. The first-order chi connectivity index (χ1) is 17.2. The van der Waals surface area contributed by atoms with Crippen LogP contribution in [0.25, 0.3) is 11.3 Å². The summed E-state index contributed by atoms with van der Waals surface area (Å²) in [5, 5.41) is 15.4. The first kappa shape index (κ1) is 25.4. The van der Waals surface area contributed by atoms with Gasteiger partial charge >= 0.3 is 0 Å². The van der Waals surface area contributed by atoms with E-state index in [0.29, 0.717) is 32.3 Å². The van der Waals surface area contributed by atoms with E-state index < -0.39 is 6.10 Å². The van der Waals surface area contributed by atoms with Crippen LogP contribution < -0.4 is 4.90 Å². The van der Waals surface area contributed by atoms with Crippen LogP contribution >= 0.6 is 0 Å². The van der Waals surface area contributed by atoms with Gasteiger partial charge in [-0.05, 0) is 38.2 Å². The van der Waals surface area contributed by atoms with Crippen LogP contribution in [0, 0.1) is 0 Å². The minimum absolute atomic E-state index is 0.298. The quantitative estimate of drug-likeness (QED) is 0.371. The van der Waals surface area contributed by atoms with Gasteiger partial charge in [0.1, 0.15) is 5.69 Å². The number of nitrogens with zero attached hydrogens (tertiary/aromatic N) is 3. The average molecular weight is 478 g/mol. The van der Waals surface area contributed by atoms with Crippen molar-refractivity contribution in [2.45, 2.75) is 64.8 Å². The van der Waals surface area contributed by atoms with Crippen molar-refractivity contribution in [3.8, 4) is 11.3 Å². The zero-order valence-corrected chi connectivity index (χ0v) is 21.1. The lowest BCUT2D eigenvalue weighted by atomic mass is 10.0. The normalized spacial score (nSPS) is 15.9. The molecule has 3 aromatic rings. The van der Waals surface area contributed by atoms with E-state index >= 15 is 0 Å². The molecule has 1 aromatic heterocycles. The third-order valence-corrected chi connectivity index (χ3v) is 6.90. The van der Waals surface area contributed by atoms with Crippen molar-refractivity contribution in [3.63, 3.8) is 0 Å². The molecule has 4 rings (SSSR count). The Balaban J connectivity index is 1.50. The molecule has 2 aromatic carbocycles. The van der Waals surface area contributed by atoms with Gasteiger partial charge < -0.3 is 19.3 Å². The van der Waals surface area contributed by atoms with Crippen LogP contribution in [-0.2, 0) is 17.9 Å². The van der Waals surface area contributed by atoms with Crippen LogP contribution in [0.5, 0.6) is 0 Å². The van der Waals surface area contributed by atoms with Crippen LogP contribution in [0.4, 0.5) is 5.88 Å². The summed E-state index contributed by atoms with van der Waals surface area (Å²) < 4.78 is 11.8. The van der Waals surface area contributed by atoms with Gasteiger partial charge in [0.2, 0.25) is 5.88 Å². The smallest absolute Gasteiger partial charge is 0.232 e. The minimum atomic E-state index is -0.578. The highest BCUT2D eigenvalue weighted by Gasteiger charge is 2.27. The van der Waals surface area contributed by atoms with Gasteiger partial charge in [0.15, 0.2) is 0 Å². The molecule has 0 radical (unpaired) electrons. The second-order valence-corrected chi connectivity index (χ2v) is 9.57. The van der Waals surface area contributed by atoms with Crippen LogP contribution in [-0.4, -0.2) is 53.6 Å². The number of anilines is 1. The molecule has 6 heteroatoms. The third kappa shape index (κ3) is 6.94. The molecule has 1 saturated heterocycles. The van der Waals surface area contributed by atoms with Crippen molar-refractivity contribution in [3.05, 3.63) is 71.8 Å². The van der Waals surface area contributed by atoms with E-state index in [-0.39, 0.29) is 0 Å². The van der Waals surface area contributed by atoms with Gasteiger partial charge in [-0.15, -0.1) is 0 Å². The number of hydrogen-bond acceptors (Lipinski definition) is 6. The molecule has 2 unspecified atom stereocenters. The average Bonchev–Trinajstić information content (AvgIpc) is 3.33. The predicted octanol–water partition coefficient (Wildman–Crippen LogP) is 5.51. The van der Waals surface area contributed by atoms with Crippen LogP contribution in [0.3, 0.4) is 0 Å². The second-order valence-electron chi connectivity index (χ2n) is 9.57. The Morgan fingerprint density at radius 1 is 1.03 bits per heavy atom. The van der Waals surface area contributed by atoms with E-state index in [1.807, 2.05) is 48.5 Å². The van der Waals surface area contributed by atoms with Gasteiger partial charge in [0.05, 0.1) is 24.9 Å². The summed E-state index contributed by atoms with van der Waals surface area (Å²) >= 11 is 0. The van der Waals surface area contributed by atoms with Crippen molar-refractivity contribution in [2.24, 2.45) is 0 Å². The number of aliphatic hydroxyl groups is 1. The lowest BCUT2D eigenvalue weighted by molar-refractivity contribution is 0.00147. The van der Waals surface area contributed by atoms with Gasteiger partial charge in [-0.1, -0.05) is 72.7 Å². The van der Waals surface area contributed by atoms with Crippen LogP contribution in [0.1, 0.15) is 50.7 Å². The van der Waals surface area contributed by atoms with Crippen molar-refractivity contribution in [1.82, 2.24) is 10.1 Å². The highest BCUT2D eigenvalue weighted by atomic mass is 16.5. The summed E-state index contributed by atoms with van der Waals surface area (Å²) in [6.07, 6.45) is 4.02. The molecular weight excluding hydrogens is 438 g/mol. The molecule has 0 amide bonds. The lowest BCUT2D eigenvalue weighted by Gasteiger charge is -2.32. The van der Waals surface area contributed by atoms with Gasteiger partial charge in [0, 0.05) is 37.8 Å². The number of benzene rings is 2. The van der Waals surface area contributed by atoms with Crippen LogP contribution in [0.15, 0.2) is 65.2 Å². The third-order valence-electron chi connectivity index (χ3n) is 6.90. The largest absolute Gasteiger partial charge is 0.389 e. The molecule has 1 aliphatic heterocycles. The number of aromatic nitrogens is 1. The maximum Gasteiger partial charge on any atom is 0.232 e. The summed E-state index contributed by atoms with van der Waals surface area (Å²) in [6, 6.07) is 20.6. The lowest BCUT2D eigenvalue weighted by Crippen LogP contribution is -2.40. The summed E-state index contributed by atoms with van der Waals surface area (Å²) in [5.41, 5.74) is 4.18. The first-order valence-corrected chi connectivity index (χ1v) is 13.0. The van der Waals surface area contributed by atoms with Gasteiger partial charge in [0.25, 0.3) is 0 Å². The van der Waals surface area contributed by atoms with E-state index in [0.717, 1.165) is 47.8 Å². The minimum Gasteiger partial charge on any atom is -0.389 e. The van der Waals surface area contributed by atoms with E-state index in [9.17, 15) is 5.11 Å². The maximum atomic E-state index is 10.9. The molecule has 6 nitrogen and oxygen atoms in total. The standard InChI is InChI=1S/C29H39N3O3/c1-3-23(2)32(19-26(33)22-34-21-24-13-7-4-8-14-24)20-27-28(25-15-9-5-10-16-25)30-35-29(27)31-17-11-6-12-18-31/h4-5,7-10,13-16,23,26,33H,3,6,11-12,17-22H2,1-2H3. The van der Waals surface area contributed by atoms with Crippen LogP contribution in [0.2, 0.25) is 0 Å². The van der Waals surface area contributed by atoms with E-state index in [4.69, 9.17) is 9.26 Å². The Kier molecular flexibility index (Phi) is 9.35. The Hall–Kier alpha value is -2.67. The summed E-state index contributed by atoms with van der Waals surface area (Å²) in [4.78, 5) is 4.68. The molecule has 0 saturated carbocycles. The van der Waals surface area contributed by atoms with E-state index in [2.05, 4.69) is 40.9 Å². The Morgan fingerprint density at radius 2 is 1.71 bits per heavy atom. The molecule has 35 heavy (non-hydrogen) atoms.